The molecule has 162 valence electrons. The van der Waals surface area contributed by atoms with Crippen molar-refractivity contribution in [3.63, 3.8) is 0 Å². The second kappa shape index (κ2) is 10.1. The minimum absolute atomic E-state index is 0.161. The lowest BCUT2D eigenvalue weighted by molar-refractivity contribution is -0.142. The standard InChI is InChI=1S/C24H32N2O4/c1-17-9-7-8-10-19(17)15-26(18(2)23(28)25-24(3,4)5)22(27)16-30-21-13-11-20(29-6)12-14-21/h7-14,18H,15-16H2,1-6H3,(H,25,28)/t18-/m0/s1. The molecule has 30 heavy (non-hydrogen) atoms. The molecule has 1 atom stereocenters. The summed E-state index contributed by atoms with van der Waals surface area (Å²) in [7, 11) is 1.59. The highest BCUT2D eigenvalue weighted by Crippen LogP contribution is 2.18. The van der Waals surface area contributed by atoms with Crippen molar-refractivity contribution in [2.45, 2.75) is 52.7 Å². The second-order valence-electron chi connectivity index (χ2n) is 8.33. The SMILES string of the molecule is COc1ccc(OCC(=O)N(Cc2ccccc2C)[C@@H](C)C(=O)NC(C)(C)C)cc1. The van der Waals surface area contributed by atoms with Crippen LogP contribution in [0.5, 0.6) is 11.5 Å². The van der Waals surface area contributed by atoms with Crippen LogP contribution >= 0.6 is 0 Å². The molecule has 0 aliphatic heterocycles. The summed E-state index contributed by atoms with van der Waals surface area (Å²) in [5.74, 6) is 0.814. The highest BCUT2D eigenvalue weighted by atomic mass is 16.5. The van der Waals surface area contributed by atoms with Crippen LogP contribution in [0.2, 0.25) is 0 Å². The first-order valence-electron chi connectivity index (χ1n) is 10.0. The smallest absolute Gasteiger partial charge is 0.261 e. The summed E-state index contributed by atoms with van der Waals surface area (Å²) in [5.41, 5.74) is 1.67. The lowest BCUT2D eigenvalue weighted by Crippen LogP contribution is -2.53. The number of hydrogen-bond acceptors (Lipinski definition) is 4. The minimum Gasteiger partial charge on any atom is -0.497 e. The Morgan fingerprint density at radius 3 is 2.20 bits per heavy atom. The van der Waals surface area contributed by atoms with Crippen LogP contribution in [0, 0.1) is 6.92 Å². The highest BCUT2D eigenvalue weighted by molar-refractivity contribution is 5.88. The second-order valence-corrected chi connectivity index (χ2v) is 8.33. The van der Waals surface area contributed by atoms with Crippen LogP contribution < -0.4 is 14.8 Å². The van der Waals surface area contributed by atoms with Gasteiger partial charge in [-0.15, -0.1) is 0 Å². The van der Waals surface area contributed by atoms with Crippen LogP contribution in [-0.2, 0) is 16.1 Å². The molecule has 0 radical (unpaired) electrons. The van der Waals surface area contributed by atoms with Gasteiger partial charge in [-0.25, -0.2) is 0 Å². The Balaban J connectivity index is 2.16. The van der Waals surface area contributed by atoms with Gasteiger partial charge in [-0.05, 0) is 70.0 Å². The van der Waals surface area contributed by atoms with E-state index in [0.29, 0.717) is 18.0 Å². The van der Waals surface area contributed by atoms with Crippen LogP contribution in [0.15, 0.2) is 48.5 Å². The van der Waals surface area contributed by atoms with Gasteiger partial charge in [0.2, 0.25) is 5.91 Å². The molecule has 0 saturated carbocycles. The van der Waals surface area contributed by atoms with Gasteiger partial charge < -0.3 is 19.7 Å². The molecule has 2 aromatic rings. The molecule has 2 aromatic carbocycles. The van der Waals surface area contributed by atoms with E-state index in [-0.39, 0.29) is 24.0 Å². The molecule has 0 unspecified atom stereocenters. The molecule has 0 heterocycles. The summed E-state index contributed by atoms with van der Waals surface area (Å²) >= 11 is 0. The molecule has 6 nitrogen and oxygen atoms in total. The third-order valence-corrected chi connectivity index (χ3v) is 4.69. The first-order chi connectivity index (χ1) is 14.1. The van der Waals surface area contributed by atoms with Crippen LogP contribution in [-0.4, -0.2) is 42.0 Å². The number of carbonyl (C=O) groups is 2. The largest absolute Gasteiger partial charge is 0.497 e. The number of amides is 2. The number of carbonyl (C=O) groups excluding carboxylic acids is 2. The molecule has 0 fully saturated rings. The average molecular weight is 413 g/mol. The Kier molecular flexibility index (Phi) is 7.86. The third kappa shape index (κ3) is 6.79. The average Bonchev–Trinajstić information content (AvgIpc) is 2.70. The Morgan fingerprint density at radius 2 is 1.63 bits per heavy atom. The summed E-state index contributed by atoms with van der Waals surface area (Å²) in [6, 6.07) is 14.2. The normalized spacial score (nSPS) is 12.1. The van der Waals surface area contributed by atoms with Crippen molar-refractivity contribution in [2.24, 2.45) is 0 Å². The molecule has 0 aliphatic rings. The molecule has 2 rings (SSSR count). The summed E-state index contributed by atoms with van der Waals surface area (Å²) in [6.07, 6.45) is 0. The first kappa shape index (κ1) is 23.3. The number of nitrogens with one attached hydrogen (secondary N) is 1. The summed E-state index contributed by atoms with van der Waals surface area (Å²) in [6.45, 7) is 9.64. The molecule has 0 spiro atoms. The predicted molar refractivity (Wildman–Crippen MR) is 118 cm³/mol. The van der Waals surface area contributed by atoms with E-state index in [9.17, 15) is 9.59 Å². The molecule has 0 bridgehead atoms. The molecular formula is C24H32N2O4. The Hall–Kier alpha value is -3.02. The zero-order valence-electron chi connectivity index (χ0n) is 18.7. The van der Waals surface area contributed by atoms with Crippen LogP contribution in [0.4, 0.5) is 0 Å². The van der Waals surface area contributed by atoms with Crippen molar-refractivity contribution in [2.75, 3.05) is 13.7 Å². The summed E-state index contributed by atoms with van der Waals surface area (Å²) in [4.78, 5) is 27.4. The number of aryl methyl sites for hydroxylation is 1. The van der Waals surface area contributed by atoms with E-state index >= 15 is 0 Å². The van der Waals surface area contributed by atoms with Crippen molar-refractivity contribution >= 4 is 11.8 Å². The van der Waals surface area contributed by atoms with Gasteiger partial charge in [0.15, 0.2) is 6.61 Å². The zero-order valence-corrected chi connectivity index (χ0v) is 18.7. The van der Waals surface area contributed by atoms with Crippen LogP contribution in [0.25, 0.3) is 0 Å². The van der Waals surface area contributed by atoms with Crippen molar-refractivity contribution in [3.8, 4) is 11.5 Å². The first-order valence-corrected chi connectivity index (χ1v) is 10.0. The molecule has 1 N–H and O–H groups in total. The van der Waals surface area contributed by atoms with Gasteiger partial charge in [-0.1, -0.05) is 24.3 Å². The van der Waals surface area contributed by atoms with Gasteiger partial charge in [0.25, 0.3) is 5.91 Å². The number of ether oxygens (including phenoxy) is 2. The molecule has 0 saturated heterocycles. The van der Waals surface area contributed by atoms with Crippen molar-refractivity contribution in [1.29, 1.82) is 0 Å². The Labute approximate surface area is 179 Å². The van der Waals surface area contributed by atoms with E-state index in [0.717, 1.165) is 11.1 Å². The van der Waals surface area contributed by atoms with Gasteiger partial charge in [0.05, 0.1) is 7.11 Å². The third-order valence-electron chi connectivity index (χ3n) is 4.69. The molecule has 2 amide bonds. The molecule has 0 aromatic heterocycles. The van der Waals surface area contributed by atoms with Gasteiger partial charge >= 0.3 is 0 Å². The number of nitrogens with zero attached hydrogens (tertiary/aromatic N) is 1. The van der Waals surface area contributed by atoms with Gasteiger partial charge in [-0.2, -0.15) is 0 Å². The monoisotopic (exact) mass is 412 g/mol. The zero-order chi connectivity index (χ0) is 22.3. The van der Waals surface area contributed by atoms with E-state index in [1.807, 2.05) is 52.0 Å². The maximum absolute atomic E-state index is 13.1. The summed E-state index contributed by atoms with van der Waals surface area (Å²) < 4.78 is 10.8. The minimum atomic E-state index is -0.643. The summed E-state index contributed by atoms with van der Waals surface area (Å²) in [5, 5.41) is 2.95. The topological polar surface area (TPSA) is 67.9 Å². The Bertz CT molecular complexity index is 856. The van der Waals surface area contributed by atoms with E-state index in [1.54, 1.807) is 43.2 Å². The Morgan fingerprint density at radius 1 is 1.03 bits per heavy atom. The van der Waals surface area contributed by atoms with Crippen molar-refractivity contribution < 1.29 is 19.1 Å². The lowest BCUT2D eigenvalue weighted by Gasteiger charge is -2.31. The fraction of sp³-hybridized carbons (Fsp3) is 0.417. The molecule has 0 aliphatic carbocycles. The van der Waals surface area contributed by atoms with Gasteiger partial charge in [-0.3, -0.25) is 9.59 Å². The van der Waals surface area contributed by atoms with Crippen molar-refractivity contribution in [1.82, 2.24) is 10.2 Å². The number of methoxy groups -OCH3 is 1. The van der Waals surface area contributed by atoms with E-state index in [4.69, 9.17) is 9.47 Å². The maximum atomic E-state index is 13.1. The lowest BCUT2D eigenvalue weighted by atomic mass is 10.1. The fourth-order valence-corrected chi connectivity index (χ4v) is 2.93. The van der Waals surface area contributed by atoms with E-state index in [1.165, 1.54) is 0 Å². The van der Waals surface area contributed by atoms with E-state index < -0.39 is 6.04 Å². The van der Waals surface area contributed by atoms with Crippen LogP contribution in [0.1, 0.15) is 38.8 Å². The number of rotatable bonds is 8. The number of benzene rings is 2. The molecular weight excluding hydrogens is 380 g/mol. The van der Waals surface area contributed by atoms with Gasteiger partial charge in [0, 0.05) is 12.1 Å². The quantitative estimate of drug-likeness (QED) is 0.718. The number of hydrogen-bond donors (Lipinski definition) is 1. The predicted octanol–water partition coefficient (Wildman–Crippen LogP) is 3.71. The maximum Gasteiger partial charge on any atom is 0.261 e. The molecule has 6 heteroatoms. The van der Waals surface area contributed by atoms with Crippen LogP contribution in [0.3, 0.4) is 0 Å². The van der Waals surface area contributed by atoms with Gasteiger partial charge in [0.1, 0.15) is 17.5 Å². The van der Waals surface area contributed by atoms with E-state index in [2.05, 4.69) is 5.32 Å². The van der Waals surface area contributed by atoms with Crippen molar-refractivity contribution in [3.05, 3.63) is 59.7 Å². The highest BCUT2D eigenvalue weighted by Gasteiger charge is 2.29. The fourth-order valence-electron chi connectivity index (χ4n) is 2.93.